The second kappa shape index (κ2) is 16.0. The monoisotopic (exact) mass is 803 g/mol. The Kier molecular flexibility index (Phi) is 11.1. The maximum Gasteiger partial charge on any atom is 0.327 e. The Morgan fingerprint density at radius 3 is 2.53 bits per heavy atom. The van der Waals surface area contributed by atoms with Gasteiger partial charge in [0.25, 0.3) is 0 Å². The third-order valence-corrected chi connectivity index (χ3v) is 12.0. The number of carbonyl (C=O) groups excluding carboxylic acids is 4. The third-order valence-electron chi connectivity index (χ3n) is 12.0. The fourth-order valence-electron chi connectivity index (χ4n) is 9.70. The summed E-state index contributed by atoms with van der Waals surface area (Å²) in [6.45, 7) is 5.36. The topological polar surface area (TPSA) is 183 Å². The quantitative estimate of drug-likeness (QED) is 0.153. The van der Waals surface area contributed by atoms with E-state index in [4.69, 9.17) is 33.6 Å². The smallest absolute Gasteiger partial charge is 0.327 e. The molecule has 5 fully saturated rings. The fraction of sp³-hybridized carbons (Fsp3) is 0.581. The highest BCUT2D eigenvalue weighted by molar-refractivity contribution is 5.96. The lowest BCUT2D eigenvalue weighted by Crippen LogP contribution is -2.70. The van der Waals surface area contributed by atoms with Crippen molar-refractivity contribution in [3.8, 4) is 0 Å². The van der Waals surface area contributed by atoms with Crippen LogP contribution in [0.5, 0.6) is 0 Å². The van der Waals surface area contributed by atoms with Gasteiger partial charge in [-0.05, 0) is 68.4 Å². The van der Waals surface area contributed by atoms with Gasteiger partial charge in [-0.3, -0.25) is 24.0 Å². The first kappa shape index (κ1) is 40.4. The predicted molar refractivity (Wildman–Crippen MR) is 205 cm³/mol. The number of aliphatic hydroxyl groups is 2. The zero-order valence-electron chi connectivity index (χ0n) is 33.2. The zero-order valence-corrected chi connectivity index (χ0v) is 33.2. The van der Waals surface area contributed by atoms with E-state index in [2.05, 4.69) is 5.32 Å². The summed E-state index contributed by atoms with van der Waals surface area (Å²) in [6, 6.07) is 12.8. The number of rotatable bonds is 13. The largest absolute Gasteiger partial charge is 0.499 e. The molecule has 0 aromatic heterocycles. The molecular weight excluding hydrogens is 750 g/mol. The fourth-order valence-corrected chi connectivity index (χ4v) is 9.70. The van der Waals surface area contributed by atoms with Crippen molar-refractivity contribution in [2.45, 2.75) is 126 Å². The van der Waals surface area contributed by atoms with Crippen LogP contribution in [0.2, 0.25) is 0 Å². The molecule has 8 atom stereocenters. The van der Waals surface area contributed by atoms with Gasteiger partial charge in [0.2, 0.25) is 11.8 Å². The van der Waals surface area contributed by atoms with Gasteiger partial charge in [-0.2, -0.15) is 5.06 Å². The Morgan fingerprint density at radius 2 is 1.81 bits per heavy atom. The molecule has 15 heteroatoms. The summed E-state index contributed by atoms with van der Waals surface area (Å²) in [5.74, 6) is -2.92. The molecule has 2 aromatic rings. The standard InChI is InChI=1S/C43H53N3O12/c1-41(2,3)55-33(49)14-13-30(25-48)44-38(50)31-12-7-16-45(31)40(52)43-23-32-34-35(57-42(56-34)21-28-10-4-5-11-29(28)22-42)37(43)58-46(36(43)39(51)54-32)24-27-9-6-8-26(20-27)15-18-53-19-17-47/h4-6,8-11,15,18,20,30-32,34-37,47-48H,7,12-14,16-17,19,21-25H2,1-3H3,(H,44,50)/t30-,31+,32+,34-,35-,36-,37+,43-/m0/s1. The van der Waals surface area contributed by atoms with E-state index in [0.29, 0.717) is 25.7 Å². The molecule has 1 spiro atoms. The van der Waals surface area contributed by atoms with Crippen LogP contribution >= 0.6 is 0 Å². The van der Waals surface area contributed by atoms with E-state index < -0.39 is 89.7 Å². The van der Waals surface area contributed by atoms with Crippen LogP contribution in [0.1, 0.15) is 75.1 Å². The summed E-state index contributed by atoms with van der Waals surface area (Å²) >= 11 is 0. The molecule has 3 N–H and O–H groups in total. The van der Waals surface area contributed by atoms with Crippen molar-refractivity contribution in [1.82, 2.24) is 15.3 Å². The number of nitrogens with one attached hydrogen (secondary N) is 1. The number of ether oxygens (including phenoxy) is 5. The highest BCUT2D eigenvalue weighted by Gasteiger charge is 2.77. The van der Waals surface area contributed by atoms with Crippen LogP contribution in [0.25, 0.3) is 6.08 Å². The number of nitrogens with zero attached hydrogens (tertiary/aromatic N) is 2. The summed E-state index contributed by atoms with van der Waals surface area (Å²) < 4.78 is 30.6. The van der Waals surface area contributed by atoms with Gasteiger partial charge in [-0.15, -0.1) is 0 Å². The van der Waals surface area contributed by atoms with Gasteiger partial charge < -0.3 is 44.1 Å². The van der Waals surface area contributed by atoms with Gasteiger partial charge in [-0.1, -0.05) is 48.5 Å². The van der Waals surface area contributed by atoms with Crippen molar-refractivity contribution in [3.05, 3.63) is 77.0 Å². The summed E-state index contributed by atoms with van der Waals surface area (Å²) in [5, 5.41) is 23.6. The second-order valence-electron chi connectivity index (χ2n) is 17.2. The van der Waals surface area contributed by atoms with Crippen LogP contribution in [-0.2, 0) is 67.1 Å². The third kappa shape index (κ3) is 7.64. The molecule has 312 valence electrons. The lowest BCUT2D eigenvalue weighted by molar-refractivity contribution is -0.218. The van der Waals surface area contributed by atoms with Gasteiger partial charge >= 0.3 is 11.9 Å². The van der Waals surface area contributed by atoms with Crippen molar-refractivity contribution in [2.24, 2.45) is 5.41 Å². The molecule has 8 rings (SSSR count). The van der Waals surface area contributed by atoms with Crippen molar-refractivity contribution >= 4 is 29.8 Å². The van der Waals surface area contributed by atoms with Gasteiger partial charge in [0.1, 0.15) is 48.1 Å². The minimum absolute atomic E-state index is 0.00683. The van der Waals surface area contributed by atoms with Crippen LogP contribution in [0.3, 0.4) is 0 Å². The number of benzene rings is 2. The molecule has 6 aliphatic rings. The number of carbonyl (C=O) groups is 4. The number of hydroxylamine groups is 2. The summed E-state index contributed by atoms with van der Waals surface area (Å²) in [5.41, 5.74) is 1.67. The van der Waals surface area contributed by atoms with Gasteiger partial charge in [-0.25, -0.2) is 0 Å². The maximum atomic E-state index is 15.4. The average Bonchev–Trinajstić information content (AvgIpc) is 3.97. The molecule has 1 saturated carbocycles. The van der Waals surface area contributed by atoms with Gasteiger partial charge in [0, 0.05) is 32.2 Å². The van der Waals surface area contributed by atoms with Crippen molar-refractivity contribution in [2.75, 3.05) is 26.4 Å². The molecule has 15 nitrogen and oxygen atoms in total. The van der Waals surface area contributed by atoms with Crippen molar-refractivity contribution < 1.29 is 57.9 Å². The molecule has 0 radical (unpaired) electrons. The number of hydrogen-bond donors (Lipinski definition) is 3. The number of aliphatic hydroxyl groups excluding tert-OH is 2. The molecular formula is C43H53N3O12. The van der Waals surface area contributed by atoms with E-state index >= 15 is 4.79 Å². The molecule has 4 aliphatic heterocycles. The Bertz CT molecular complexity index is 1910. The SMILES string of the molecule is CC(C)(C)OC(=O)CC[C@@H](CO)NC(=O)[C@H]1CCCN1C(=O)[C@@]12C[C@H]3OC(=O)[C@@H]1N(Cc1cccc(C=COCCO)c1)O[C@@H]2[C@H]1OC2(Cc4ccccc4C2)O[C@H]13. The van der Waals surface area contributed by atoms with E-state index in [1.165, 1.54) is 11.3 Å². The molecule has 58 heavy (non-hydrogen) atoms. The summed E-state index contributed by atoms with van der Waals surface area (Å²) in [7, 11) is 0. The minimum atomic E-state index is -1.48. The second-order valence-corrected chi connectivity index (χ2v) is 17.2. The lowest BCUT2D eigenvalue weighted by atomic mass is 9.62. The zero-order chi connectivity index (χ0) is 40.8. The lowest BCUT2D eigenvalue weighted by Gasteiger charge is -2.50. The van der Waals surface area contributed by atoms with Gasteiger partial charge in [0.05, 0.1) is 32.1 Å². The highest BCUT2D eigenvalue weighted by atomic mass is 16.8. The van der Waals surface area contributed by atoms with E-state index in [1.54, 1.807) is 31.7 Å². The first-order valence-corrected chi connectivity index (χ1v) is 20.3. The Morgan fingerprint density at radius 1 is 1.05 bits per heavy atom. The number of hydrogen-bond acceptors (Lipinski definition) is 13. The Balaban J connectivity index is 1.08. The number of amides is 2. The van der Waals surface area contributed by atoms with E-state index in [1.807, 2.05) is 48.5 Å². The van der Waals surface area contributed by atoms with Gasteiger partial charge in [0.15, 0.2) is 11.8 Å². The van der Waals surface area contributed by atoms with Crippen LogP contribution in [0, 0.1) is 5.41 Å². The van der Waals surface area contributed by atoms with Crippen LogP contribution in [0.4, 0.5) is 0 Å². The molecule has 2 bridgehead atoms. The number of esters is 2. The molecule has 0 unspecified atom stereocenters. The highest BCUT2D eigenvalue weighted by Crippen LogP contribution is 2.59. The summed E-state index contributed by atoms with van der Waals surface area (Å²) in [6.07, 6.45) is 2.24. The van der Waals surface area contributed by atoms with Crippen LogP contribution in [-0.4, -0.2) is 124 Å². The average molecular weight is 804 g/mol. The number of fused-ring (bicyclic) bond motifs is 5. The van der Waals surface area contributed by atoms with E-state index in [9.17, 15) is 19.5 Å². The minimum Gasteiger partial charge on any atom is -0.499 e. The molecule has 4 heterocycles. The van der Waals surface area contributed by atoms with E-state index in [0.717, 1.165) is 22.3 Å². The maximum absolute atomic E-state index is 15.4. The normalized spacial score (nSPS) is 29.9. The first-order valence-electron chi connectivity index (χ1n) is 20.3. The Labute approximate surface area is 337 Å². The molecule has 4 saturated heterocycles. The molecule has 2 aliphatic carbocycles. The van der Waals surface area contributed by atoms with Crippen LogP contribution in [0.15, 0.2) is 54.8 Å². The van der Waals surface area contributed by atoms with E-state index in [-0.39, 0.29) is 45.6 Å². The summed E-state index contributed by atoms with van der Waals surface area (Å²) in [4.78, 5) is 64.5. The Hall–Kier alpha value is -4.38. The van der Waals surface area contributed by atoms with Crippen molar-refractivity contribution in [1.29, 1.82) is 0 Å². The first-order chi connectivity index (χ1) is 27.8. The van der Waals surface area contributed by atoms with Crippen LogP contribution < -0.4 is 5.32 Å². The molecule has 2 aromatic carbocycles. The number of likely N-dealkylation sites (tertiary alicyclic amines) is 1. The van der Waals surface area contributed by atoms with Crippen molar-refractivity contribution in [3.63, 3.8) is 0 Å². The molecule has 2 amide bonds. The predicted octanol–water partition coefficient (Wildman–Crippen LogP) is 2.34.